The molecule has 1 unspecified atom stereocenters. The Labute approximate surface area is 122 Å². The van der Waals surface area contributed by atoms with Crippen molar-refractivity contribution in [3.05, 3.63) is 41.6 Å². The first kappa shape index (κ1) is 12.3. The molecule has 0 saturated heterocycles. The van der Waals surface area contributed by atoms with Crippen LogP contribution in [0.25, 0.3) is 0 Å². The maximum absolute atomic E-state index is 3.73. The minimum atomic E-state index is 0.406. The van der Waals surface area contributed by atoms with Crippen molar-refractivity contribution in [2.24, 2.45) is 0 Å². The first-order valence-corrected chi connectivity index (χ1v) is 8.48. The Morgan fingerprint density at radius 1 is 1.33 bits per heavy atom. The van der Waals surface area contributed by atoms with Gasteiger partial charge in [0.05, 0.1) is 8.61 Å². The molecule has 15 heavy (non-hydrogen) atoms. The molecule has 0 fully saturated rings. The summed E-state index contributed by atoms with van der Waals surface area (Å²) in [5.74, 6) is 0. The Bertz CT molecular complexity index is 414. The van der Waals surface area contributed by atoms with Crippen LogP contribution >= 0.6 is 70.5 Å². The van der Waals surface area contributed by atoms with Crippen molar-refractivity contribution in [1.82, 2.24) is 0 Å². The van der Waals surface area contributed by atoms with E-state index in [-0.39, 0.29) is 0 Å². The summed E-state index contributed by atoms with van der Waals surface area (Å²) in [7, 11) is 0. The van der Waals surface area contributed by atoms with E-state index >= 15 is 0 Å². The third-order valence-corrected chi connectivity index (χ3v) is 7.32. The molecular weight excluding hydrogens is 424 g/mol. The SMILES string of the molecule is Brc1cc(C(Br)Cc2cccs2)sc1Br. The molecule has 0 aromatic carbocycles. The summed E-state index contributed by atoms with van der Waals surface area (Å²) < 4.78 is 2.30. The quantitative estimate of drug-likeness (QED) is 0.523. The van der Waals surface area contributed by atoms with Crippen molar-refractivity contribution in [3.8, 4) is 0 Å². The maximum atomic E-state index is 3.73. The van der Waals surface area contributed by atoms with Gasteiger partial charge in [-0.15, -0.1) is 22.7 Å². The molecule has 2 rings (SSSR count). The van der Waals surface area contributed by atoms with Crippen molar-refractivity contribution >= 4 is 70.5 Å². The minimum Gasteiger partial charge on any atom is -0.149 e. The van der Waals surface area contributed by atoms with Crippen LogP contribution in [0.15, 0.2) is 31.8 Å². The monoisotopic (exact) mass is 428 g/mol. The second-order valence-corrected chi connectivity index (χ2v) is 8.42. The Balaban J connectivity index is 2.11. The highest BCUT2D eigenvalue weighted by Gasteiger charge is 2.13. The molecule has 0 bridgehead atoms. The van der Waals surface area contributed by atoms with Gasteiger partial charge in [0, 0.05) is 14.2 Å². The van der Waals surface area contributed by atoms with Crippen LogP contribution in [0.1, 0.15) is 14.6 Å². The van der Waals surface area contributed by atoms with Crippen LogP contribution in [0.2, 0.25) is 0 Å². The number of hydrogen-bond donors (Lipinski definition) is 0. The number of rotatable bonds is 3. The molecule has 0 spiro atoms. The number of halogens is 3. The highest BCUT2D eigenvalue weighted by molar-refractivity contribution is 9.13. The van der Waals surface area contributed by atoms with Crippen LogP contribution in [-0.2, 0) is 6.42 Å². The molecule has 0 aliphatic carbocycles. The van der Waals surface area contributed by atoms with Crippen molar-refractivity contribution in [2.75, 3.05) is 0 Å². The Morgan fingerprint density at radius 3 is 2.67 bits per heavy atom. The van der Waals surface area contributed by atoms with Crippen molar-refractivity contribution in [2.45, 2.75) is 11.2 Å². The fourth-order valence-electron chi connectivity index (χ4n) is 1.22. The zero-order valence-electron chi connectivity index (χ0n) is 7.54. The highest BCUT2D eigenvalue weighted by atomic mass is 79.9. The van der Waals surface area contributed by atoms with Gasteiger partial charge in [0.1, 0.15) is 0 Å². The van der Waals surface area contributed by atoms with E-state index in [0.29, 0.717) is 4.83 Å². The van der Waals surface area contributed by atoms with Gasteiger partial charge in [-0.25, -0.2) is 0 Å². The zero-order valence-corrected chi connectivity index (χ0v) is 13.9. The Kier molecular flexibility index (Phi) is 4.47. The van der Waals surface area contributed by atoms with E-state index in [0.717, 1.165) is 14.7 Å². The van der Waals surface area contributed by atoms with Crippen molar-refractivity contribution in [1.29, 1.82) is 0 Å². The fourth-order valence-corrected chi connectivity index (χ4v) is 5.02. The molecule has 0 aliphatic rings. The molecule has 5 heteroatoms. The molecule has 0 N–H and O–H groups in total. The first-order valence-electron chi connectivity index (χ1n) is 4.28. The zero-order chi connectivity index (χ0) is 10.8. The van der Waals surface area contributed by atoms with Crippen LogP contribution in [0, 0.1) is 0 Å². The van der Waals surface area contributed by atoms with Crippen LogP contribution in [0.5, 0.6) is 0 Å². The summed E-state index contributed by atoms with van der Waals surface area (Å²) in [6, 6.07) is 6.44. The number of hydrogen-bond acceptors (Lipinski definition) is 2. The van der Waals surface area contributed by atoms with Gasteiger partial charge in [0.15, 0.2) is 0 Å². The first-order chi connectivity index (χ1) is 7.16. The van der Waals surface area contributed by atoms with Crippen LogP contribution in [0.3, 0.4) is 0 Å². The van der Waals surface area contributed by atoms with Gasteiger partial charge < -0.3 is 0 Å². The summed E-state index contributed by atoms with van der Waals surface area (Å²) in [5, 5.41) is 2.12. The lowest BCUT2D eigenvalue weighted by molar-refractivity contribution is 0.991. The predicted molar refractivity (Wildman–Crippen MR) is 79.4 cm³/mol. The Hall–Kier alpha value is 0.840. The summed E-state index contributed by atoms with van der Waals surface area (Å²) in [5.41, 5.74) is 0. The largest absolute Gasteiger partial charge is 0.149 e. The van der Waals surface area contributed by atoms with Gasteiger partial charge in [-0.05, 0) is 55.8 Å². The van der Waals surface area contributed by atoms with Gasteiger partial charge in [0.25, 0.3) is 0 Å². The van der Waals surface area contributed by atoms with E-state index in [9.17, 15) is 0 Å². The second kappa shape index (κ2) is 5.45. The minimum absolute atomic E-state index is 0.406. The molecule has 2 aromatic heterocycles. The van der Waals surface area contributed by atoms with Crippen LogP contribution in [-0.4, -0.2) is 0 Å². The topological polar surface area (TPSA) is 0 Å². The molecule has 0 nitrogen and oxygen atoms in total. The molecule has 2 heterocycles. The summed E-state index contributed by atoms with van der Waals surface area (Å²) in [6.45, 7) is 0. The third kappa shape index (κ3) is 3.16. The van der Waals surface area contributed by atoms with E-state index in [1.165, 1.54) is 9.75 Å². The molecule has 0 saturated carbocycles. The van der Waals surface area contributed by atoms with E-state index in [2.05, 4.69) is 71.4 Å². The van der Waals surface area contributed by atoms with Crippen molar-refractivity contribution < 1.29 is 0 Å². The average Bonchev–Trinajstić information content (AvgIpc) is 2.78. The van der Waals surface area contributed by atoms with Gasteiger partial charge in [-0.3, -0.25) is 0 Å². The number of thiophene rings is 2. The molecule has 0 amide bonds. The lowest BCUT2D eigenvalue weighted by atomic mass is 10.2. The van der Waals surface area contributed by atoms with Gasteiger partial charge in [-0.1, -0.05) is 22.0 Å². The van der Waals surface area contributed by atoms with Crippen LogP contribution in [0.4, 0.5) is 0 Å². The predicted octanol–water partition coefficient (Wildman–Crippen LogP) is 6.01. The van der Waals surface area contributed by atoms with Gasteiger partial charge in [0.2, 0.25) is 0 Å². The van der Waals surface area contributed by atoms with E-state index in [1.54, 1.807) is 11.3 Å². The van der Waals surface area contributed by atoms with E-state index in [4.69, 9.17) is 0 Å². The average molecular weight is 431 g/mol. The van der Waals surface area contributed by atoms with E-state index in [1.807, 2.05) is 11.3 Å². The second-order valence-electron chi connectivity index (χ2n) is 3.02. The fraction of sp³-hybridized carbons (Fsp3) is 0.200. The molecule has 2 aromatic rings. The molecule has 1 atom stereocenters. The van der Waals surface area contributed by atoms with Crippen molar-refractivity contribution in [3.63, 3.8) is 0 Å². The molecule has 0 aliphatic heterocycles. The lowest BCUT2D eigenvalue weighted by Gasteiger charge is -2.04. The summed E-state index contributed by atoms with van der Waals surface area (Å²) in [6.07, 6.45) is 1.05. The third-order valence-electron chi connectivity index (χ3n) is 1.93. The lowest BCUT2D eigenvalue weighted by Crippen LogP contribution is -1.89. The summed E-state index contributed by atoms with van der Waals surface area (Å²) in [4.78, 5) is 3.17. The van der Waals surface area contributed by atoms with Gasteiger partial charge in [-0.2, -0.15) is 0 Å². The standard InChI is InChI=1S/C10H7Br3S2/c11-7(4-6-2-1-3-14-6)9-5-8(12)10(13)15-9/h1-3,5,7H,4H2. The molecular formula is C10H7Br3S2. The normalized spacial score (nSPS) is 13.0. The smallest absolute Gasteiger partial charge is 0.0843 e. The molecule has 80 valence electrons. The number of alkyl halides is 1. The van der Waals surface area contributed by atoms with Crippen LogP contribution < -0.4 is 0 Å². The molecule has 0 radical (unpaired) electrons. The Morgan fingerprint density at radius 2 is 2.13 bits per heavy atom. The highest BCUT2D eigenvalue weighted by Crippen LogP contribution is 2.40. The van der Waals surface area contributed by atoms with E-state index < -0.39 is 0 Å². The van der Waals surface area contributed by atoms with Gasteiger partial charge >= 0.3 is 0 Å². The maximum Gasteiger partial charge on any atom is 0.0843 e. The summed E-state index contributed by atoms with van der Waals surface area (Å²) >= 11 is 14.3.